The van der Waals surface area contributed by atoms with E-state index in [1.54, 1.807) is 0 Å². The van der Waals surface area contributed by atoms with Crippen LogP contribution in [0.4, 0.5) is 0 Å². The van der Waals surface area contributed by atoms with Crippen molar-refractivity contribution in [3.8, 4) is 0 Å². The van der Waals surface area contributed by atoms with E-state index < -0.39 is 0 Å². The van der Waals surface area contributed by atoms with E-state index in [-0.39, 0.29) is 11.9 Å². The maximum atomic E-state index is 12.3. The molecule has 4 heteroatoms. The summed E-state index contributed by atoms with van der Waals surface area (Å²) < 4.78 is 0. The molecule has 4 nitrogen and oxygen atoms in total. The van der Waals surface area contributed by atoms with Gasteiger partial charge in [0.2, 0.25) is 5.91 Å². The van der Waals surface area contributed by atoms with Gasteiger partial charge in [-0.1, -0.05) is 19.3 Å². The zero-order chi connectivity index (χ0) is 13.7. The van der Waals surface area contributed by atoms with E-state index in [2.05, 4.69) is 22.5 Å². The summed E-state index contributed by atoms with van der Waals surface area (Å²) in [7, 11) is 2.03. The van der Waals surface area contributed by atoms with E-state index in [1.807, 2.05) is 7.05 Å². The standard InChI is InChI=1S/C15H29N3O/c1-12(18-10-8-13(16-2)9-11-18)15(19)17-14-6-4-3-5-7-14/h12-14,16H,3-11H2,1-2H3,(H,17,19). The first-order valence-electron chi connectivity index (χ1n) is 7.92. The fourth-order valence-corrected chi connectivity index (χ4v) is 3.31. The number of hydrogen-bond acceptors (Lipinski definition) is 3. The second kappa shape index (κ2) is 7.25. The highest BCUT2D eigenvalue weighted by atomic mass is 16.2. The van der Waals surface area contributed by atoms with Crippen LogP contribution in [-0.4, -0.2) is 49.1 Å². The third kappa shape index (κ3) is 4.18. The molecule has 1 saturated heterocycles. The summed E-state index contributed by atoms with van der Waals surface area (Å²) in [5.41, 5.74) is 0. The number of carbonyl (C=O) groups excluding carboxylic acids is 1. The van der Waals surface area contributed by atoms with Gasteiger partial charge in [-0.2, -0.15) is 0 Å². The fraction of sp³-hybridized carbons (Fsp3) is 0.933. The van der Waals surface area contributed by atoms with Crippen LogP contribution >= 0.6 is 0 Å². The Morgan fingerprint density at radius 2 is 1.68 bits per heavy atom. The van der Waals surface area contributed by atoms with Crippen LogP contribution in [0.2, 0.25) is 0 Å². The molecule has 2 fully saturated rings. The van der Waals surface area contributed by atoms with E-state index in [0.717, 1.165) is 25.9 Å². The summed E-state index contributed by atoms with van der Waals surface area (Å²) in [5, 5.41) is 6.58. The van der Waals surface area contributed by atoms with Gasteiger partial charge in [-0.05, 0) is 39.7 Å². The second-order valence-electron chi connectivity index (χ2n) is 6.12. The number of rotatable bonds is 4. The summed E-state index contributed by atoms with van der Waals surface area (Å²) in [6, 6.07) is 1.09. The highest BCUT2D eigenvalue weighted by Crippen LogP contribution is 2.18. The monoisotopic (exact) mass is 267 g/mol. The largest absolute Gasteiger partial charge is 0.352 e. The van der Waals surface area contributed by atoms with Gasteiger partial charge in [0.15, 0.2) is 0 Å². The van der Waals surface area contributed by atoms with Crippen LogP contribution in [0.15, 0.2) is 0 Å². The predicted octanol–water partition coefficient (Wildman–Crippen LogP) is 1.51. The number of hydrogen-bond donors (Lipinski definition) is 2. The number of likely N-dealkylation sites (tertiary alicyclic amines) is 1. The van der Waals surface area contributed by atoms with Crippen LogP contribution in [0.5, 0.6) is 0 Å². The molecule has 1 atom stereocenters. The van der Waals surface area contributed by atoms with Crippen LogP contribution in [0.1, 0.15) is 51.9 Å². The first-order chi connectivity index (χ1) is 9.20. The smallest absolute Gasteiger partial charge is 0.237 e. The van der Waals surface area contributed by atoms with Gasteiger partial charge in [0.05, 0.1) is 6.04 Å². The molecule has 0 aromatic carbocycles. The third-order valence-electron chi connectivity index (χ3n) is 4.82. The Morgan fingerprint density at radius 1 is 1.05 bits per heavy atom. The molecular weight excluding hydrogens is 238 g/mol. The van der Waals surface area contributed by atoms with Crippen molar-refractivity contribution in [1.82, 2.24) is 15.5 Å². The fourth-order valence-electron chi connectivity index (χ4n) is 3.31. The van der Waals surface area contributed by atoms with Gasteiger partial charge in [0.25, 0.3) is 0 Å². The van der Waals surface area contributed by atoms with Gasteiger partial charge in [0, 0.05) is 25.2 Å². The van der Waals surface area contributed by atoms with Crippen molar-refractivity contribution in [2.75, 3.05) is 20.1 Å². The lowest BCUT2D eigenvalue weighted by atomic mass is 9.95. The van der Waals surface area contributed by atoms with E-state index in [4.69, 9.17) is 0 Å². The van der Waals surface area contributed by atoms with E-state index >= 15 is 0 Å². The molecule has 2 aliphatic rings. The number of piperidine rings is 1. The minimum atomic E-state index is 0.0275. The van der Waals surface area contributed by atoms with Gasteiger partial charge in [-0.15, -0.1) is 0 Å². The highest BCUT2D eigenvalue weighted by Gasteiger charge is 2.27. The first kappa shape index (κ1) is 14.8. The Hall–Kier alpha value is -0.610. The molecule has 2 rings (SSSR count). The number of carbonyl (C=O) groups is 1. The number of nitrogens with zero attached hydrogens (tertiary/aromatic N) is 1. The molecular formula is C15H29N3O. The molecule has 1 heterocycles. The summed E-state index contributed by atoms with van der Waals surface area (Å²) >= 11 is 0. The molecule has 110 valence electrons. The molecule has 1 aliphatic heterocycles. The van der Waals surface area contributed by atoms with Gasteiger partial charge < -0.3 is 10.6 Å². The second-order valence-corrected chi connectivity index (χ2v) is 6.12. The molecule has 1 amide bonds. The van der Waals surface area contributed by atoms with Crippen molar-refractivity contribution < 1.29 is 4.79 Å². The maximum absolute atomic E-state index is 12.3. The van der Waals surface area contributed by atoms with E-state index in [9.17, 15) is 4.79 Å². The normalized spacial score (nSPS) is 25.2. The summed E-state index contributed by atoms with van der Waals surface area (Å²) in [6.07, 6.45) is 8.51. The quantitative estimate of drug-likeness (QED) is 0.811. The highest BCUT2D eigenvalue weighted by molar-refractivity contribution is 5.81. The molecule has 1 saturated carbocycles. The zero-order valence-corrected chi connectivity index (χ0v) is 12.5. The van der Waals surface area contributed by atoms with Crippen molar-refractivity contribution in [2.24, 2.45) is 0 Å². The summed E-state index contributed by atoms with van der Waals surface area (Å²) in [4.78, 5) is 14.6. The lowest BCUT2D eigenvalue weighted by Crippen LogP contribution is -2.52. The minimum Gasteiger partial charge on any atom is -0.352 e. The summed E-state index contributed by atoms with van der Waals surface area (Å²) in [6.45, 7) is 4.12. The van der Waals surface area contributed by atoms with Gasteiger partial charge in [-0.25, -0.2) is 0 Å². The van der Waals surface area contributed by atoms with Gasteiger partial charge in [-0.3, -0.25) is 9.69 Å². The van der Waals surface area contributed by atoms with Gasteiger partial charge >= 0.3 is 0 Å². The minimum absolute atomic E-state index is 0.0275. The van der Waals surface area contributed by atoms with Crippen molar-refractivity contribution in [3.05, 3.63) is 0 Å². The van der Waals surface area contributed by atoms with Crippen molar-refractivity contribution in [3.63, 3.8) is 0 Å². The molecule has 2 N–H and O–H groups in total. The number of amides is 1. The van der Waals surface area contributed by atoms with Crippen LogP contribution in [-0.2, 0) is 4.79 Å². The molecule has 1 aliphatic carbocycles. The topological polar surface area (TPSA) is 44.4 Å². The Labute approximate surface area is 117 Å². The predicted molar refractivity (Wildman–Crippen MR) is 78.1 cm³/mol. The molecule has 19 heavy (non-hydrogen) atoms. The summed E-state index contributed by atoms with van der Waals surface area (Å²) in [5.74, 6) is 0.231. The molecule has 0 radical (unpaired) electrons. The third-order valence-corrected chi connectivity index (χ3v) is 4.82. The maximum Gasteiger partial charge on any atom is 0.237 e. The molecule has 1 unspecified atom stereocenters. The molecule has 0 spiro atoms. The van der Waals surface area contributed by atoms with E-state index in [0.29, 0.717) is 12.1 Å². The van der Waals surface area contributed by atoms with Crippen LogP contribution in [0.25, 0.3) is 0 Å². The molecule has 0 bridgehead atoms. The van der Waals surface area contributed by atoms with Crippen molar-refractivity contribution in [1.29, 1.82) is 0 Å². The Kier molecular flexibility index (Phi) is 5.64. The van der Waals surface area contributed by atoms with Crippen molar-refractivity contribution >= 4 is 5.91 Å². The average Bonchev–Trinajstić information content (AvgIpc) is 2.47. The zero-order valence-electron chi connectivity index (χ0n) is 12.5. The number of nitrogens with one attached hydrogen (secondary N) is 2. The van der Waals surface area contributed by atoms with E-state index in [1.165, 1.54) is 32.1 Å². The molecule has 0 aromatic heterocycles. The first-order valence-corrected chi connectivity index (χ1v) is 7.92. The lowest BCUT2D eigenvalue weighted by Gasteiger charge is -2.36. The SMILES string of the molecule is CNC1CCN(C(C)C(=O)NC2CCCCC2)CC1. The Bertz CT molecular complexity index is 281. The van der Waals surface area contributed by atoms with Crippen LogP contribution < -0.4 is 10.6 Å². The average molecular weight is 267 g/mol. The van der Waals surface area contributed by atoms with Crippen LogP contribution in [0.3, 0.4) is 0 Å². The van der Waals surface area contributed by atoms with Crippen molar-refractivity contribution in [2.45, 2.75) is 70.0 Å². The molecule has 0 aromatic rings. The van der Waals surface area contributed by atoms with Gasteiger partial charge in [0.1, 0.15) is 0 Å². The lowest BCUT2D eigenvalue weighted by molar-refractivity contribution is -0.127. The Morgan fingerprint density at radius 3 is 2.26 bits per heavy atom. The Balaban J connectivity index is 1.75. The van der Waals surface area contributed by atoms with Crippen LogP contribution in [0, 0.1) is 0 Å².